The third kappa shape index (κ3) is 3.38. The van der Waals surface area contributed by atoms with Gasteiger partial charge in [0.25, 0.3) is 0 Å². The fourth-order valence-electron chi connectivity index (χ4n) is 2.19. The lowest BCUT2D eigenvalue weighted by atomic mass is 10.1. The maximum atomic E-state index is 3.52. The molecule has 0 saturated heterocycles. The summed E-state index contributed by atoms with van der Waals surface area (Å²) in [5, 5.41) is 1.05. The lowest BCUT2D eigenvalue weighted by molar-refractivity contribution is 0.677. The average Bonchev–Trinajstić information content (AvgIpc) is 2.59. The van der Waals surface area contributed by atoms with E-state index in [0.717, 1.165) is 24.7 Å². The van der Waals surface area contributed by atoms with Crippen LogP contribution in [0.1, 0.15) is 49.2 Å². The molecule has 0 aliphatic rings. The molecule has 0 spiro atoms. The molecule has 0 N–H and O–H groups in total. The maximum Gasteiger partial charge on any atom is 0.0440 e. The van der Waals surface area contributed by atoms with Crippen LogP contribution in [-0.4, -0.2) is 9.90 Å². The van der Waals surface area contributed by atoms with E-state index in [0.29, 0.717) is 0 Å². The fourth-order valence-corrected chi connectivity index (χ4v) is 2.45. The zero-order valence-electron chi connectivity index (χ0n) is 12.0. The van der Waals surface area contributed by atoms with E-state index in [9.17, 15) is 0 Å². The molecule has 1 aromatic heterocycles. The fraction of sp³-hybridized carbons (Fsp3) is 0.500. The van der Waals surface area contributed by atoms with Gasteiger partial charge in [0.05, 0.1) is 0 Å². The smallest absolute Gasteiger partial charge is 0.0440 e. The van der Waals surface area contributed by atoms with Gasteiger partial charge in [-0.3, -0.25) is 0 Å². The van der Waals surface area contributed by atoms with E-state index in [1.807, 2.05) is 0 Å². The summed E-state index contributed by atoms with van der Waals surface area (Å²) in [7, 11) is 0. The second kappa shape index (κ2) is 7.63. The van der Waals surface area contributed by atoms with Crippen molar-refractivity contribution in [2.24, 2.45) is 0 Å². The van der Waals surface area contributed by atoms with Crippen molar-refractivity contribution in [1.82, 2.24) is 4.57 Å². The van der Waals surface area contributed by atoms with Gasteiger partial charge in [-0.05, 0) is 56.9 Å². The second-order valence-electron chi connectivity index (χ2n) is 4.53. The largest absolute Gasteiger partial charge is 0.341 e. The first-order chi connectivity index (χ1) is 8.67. The predicted octanol–water partition coefficient (Wildman–Crippen LogP) is 5.35. The van der Waals surface area contributed by atoms with Crippen LogP contribution in [0.5, 0.6) is 0 Å². The number of hydrogen-bond donors (Lipinski definition) is 0. The maximum absolute atomic E-state index is 3.52. The number of rotatable bonds is 6. The molecule has 0 unspecified atom stereocenters. The molecule has 0 fully saturated rings. The van der Waals surface area contributed by atoms with Gasteiger partial charge in [0, 0.05) is 23.3 Å². The molecule has 0 atom stereocenters. The Kier molecular flexibility index (Phi) is 6.48. The minimum Gasteiger partial charge on any atom is -0.341 e. The molecule has 100 valence electrons. The summed E-state index contributed by atoms with van der Waals surface area (Å²) in [5.74, 6) is 0. The van der Waals surface area contributed by atoms with E-state index >= 15 is 0 Å². The molecule has 0 aliphatic heterocycles. The zero-order chi connectivity index (χ0) is 13.5. The summed E-state index contributed by atoms with van der Waals surface area (Å²) in [5.41, 5.74) is 5.52. The van der Waals surface area contributed by atoms with E-state index in [1.165, 1.54) is 22.5 Å². The van der Waals surface area contributed by atoms with Crippen LogP contribution in [0.3, 0.4) is 0 Å². The van der Waals surface area contributed by atoms with Gasteiger partial charge >= 0.3 is 0 Å². The van der Waals surface area contributed by atoms with Crippen molar-refractivity contribution in [3.8, 4) is 0 Å². The molecule has 0 aromatic carbocycles. The van der Waals surface area contributed by atoms with E-state index < -0.39 is 0 Å². The van der Waals surface area contributed by atoms with Gasteiger partial charge in [-0.1, -0.05) is 35.0 Å². The van der Waals surface area contributed by atoms with Gasteiger partial charge in [0.1, 0.15) is 0 Å². The van der Waals surface area contributed by atoms with Gasteiger partial charge < -0.3 is 4.57 Å². The SMILES string of the molecule is CC=Cc1c(C)c(C)c(C=CCC)n1CCCBr. The normalized spacial score (nSPS) is 12.1. The molecule has 0 radical (unpaired) electrons. The van der Waals surface area contributed by atoms with Gasteiger partial charge in [0.2, 0.25) is 0 Å². The van der Waals surface area contributed by atoms with Crippen LogP contribution in [0.4, 0.5) is 0 Å². The number of nitrogens with zero attached hydrogens (tertiary/aromatic N) is 1. The predicted molar refractivity (Wildman–Crippen MR) is 86.4 cm³/mol. The van der Waals surface area contributed by atoms with Crippen LogP contribution in [0.2, 0.25) is 0 Å². The summed E-state index contributed by atoms with van der Waals surface area (Å²) in [4.78, 5) is 0. The molecule has 0 aliphatic carbocycles. The Morgan fingerprint density at radius 1 is 1.11 bits per heavy atom. The van der Waals surface area contributed by atoms with Gasteiger partial charge in [-0.15, -0.1) is 0 Å². The summed E-state index contributed by atoms with van der Waals surface area (Å²) in [6.07, 6.45) is 11.1. The topological polar surface area (TPSA) is 4.93 Å². The van der Waals surface area contributed by atoms with E-state index in [4.69, 9.17) is 0 Å². The highest BCUT2D eigenvalue weighted by molar-refractivity contribution is 9.09. The number of halogens is 1. The number of allylic oxidation sites excluding steroid dienone is 2. The minimum atomic E-state index is 1.05. The van der Waals surface area contributed by atoms with Crippen LogP contribution >= 0.6 is 15.9 Å². The third-order valence-corrected chi connectivity index (χ3v) is 3.82. The summed E-state index contributed by atoms with van der Waals surface area (Å²) in [6, 6.07) is 0. The van der Waals surface area contributed by atoms with Crippen molar-refractivity contribution in [1.29, 1.82) is 0 Å². The zero-order valence-corrected chi connectivity index (χ0v) is 13.5. The van der Waals surface area contributed by atoms with Crippen LogP contribution in [0.25, 0.3) is 12.2 Å². The molecule has 0 saturated carbocycles. The summed E-state index contributed by atoms with van der Waals surface area (Å²) < 4.78 is 2.44. The molecular formula is C16H24BrN. The van der Waals surface area contributed by atoms with Crippen molar-refractivity contribution in [3.05, 3.63) is 34.7 Å². The van der Waals surface area contributed by atoms with E-state index in [-0.39, 0.29) is 0 Å². The van der Waals surface area contributed by atoms with Gasteiger partial charge in [0.15, 0.2) is 0 Å². The Hall–Kier alpha value is -0.760. The Morgan fingerprint density at radius 3 is 2.22 bits per heavy atom. The highest BCUT2D eigenvalue weighted by Crippen LogP contribution is 2.25. The van der Waals surface area contributed by atoms with Crippen LogP contribution in [0.15, 0.2) is 12.2 Å². The minimum absolute atomic E-state index is 1.05. The molecule has 18 heavy (non-hydrogen) atoms. The highest BCUT2D eigenvalue weighted by atomic mass is 79.9. The first-order valence-corrected chi connectivity index (χ1v) is 7.84. The van der Waals surface area contributed by atoms with Crippen LogP contribution in [-0.2, 0) is 6.54 Å². The van der Waals surface area contributed by atoms with Crippen molar-refractivity contribution >= 4 is 28.1 Å². The molecule has 0 bridgehead atoms. The molecule has 1 nitrogen and oxygen atoms in total. The van der Waals surface area contributed by atoms with Gasteiger partial charge in [-0.2, -0.15) is 0 Å². The summed E-state index contributed by atoms with van der Waals surface area (Å²) >= 11 is 3.52. The molecule has 1 heterocycles. The standard InChI is InChI=1S/C16H24BrN/c1-5-7-10-16-14(4)13(3)15(9-6-2)18(16)12-8-11-17/h6-7,9-10H,5,8,11-12H2,1-4H3. The highest BCUT2D eigenvalue weighted by Gasteiger charge is 2.12. The first-order valence-electron chi connectivity index (χ1n) is 6.72. The number of alkyl halides is 1. The number of hydrogen-bond acceptors (Lipinski definition) is 0. The average molecular weight is 310 g/mol. The molecule has 1 rings (SSSR count). The Labute approximate surface area is 120 Å². The third-order valence-electron chi connectivity index (χ3n) is 3.26. The van der Waals surface area contributed by atoms with Crippen molar-refractivity contribution < 1.29 is 0 Å². The van der Waals surface area contributed by atoms with Gasteiger partial charge in [-0.25, -0.2) is 0 Å². The Balaban J connectivity index is 3.28. The molecule has 1 aromatic rings. The van der Waals surface area contributed by atoms with Crippen LogP contribution in [0, 0.1) is 13.8 Å². The van der Waals surface area contributed by atoms with Crippen molar-refractivity contribution in [2.45, 2.75) is 47.1 Å². The van der Waals surface area contributed by atoms with Crippen molar-refractivity contribution in [2.75, 3.05) is 5.33 Å². The quantitative estimate of drug-likeness (QED) is 0.624. The van der Waals surface area contributed by atoms with E-state index in [2.05, 4.69) is 72.5 Å². The Bertz CT molecular complexity index is 438. The number of aromatic nitrogens is 1. The lowest BCUT2D eigenvalue weighted by Crippen LogP contribution is -2.03. The lowest BCUT2D eigenvalue weighted by Gasteiger charge is -2.09. The van der Waals surface area contributed by atoms with Crippen molar-refractivity contribution in [3.63, 3.8) is 0 Å². The molecule has 0 amide bonds. The molecular weight excluding hydrogens is 286 g/mol. The monoisotopic (exact) mass is 309 g/mol. The summed E-state index contributed by atoms with van der Waals surface area (Å²) in [6.45, 7) is 9.78. The van der Waals surface area contributed by atoms with E-state index in [1.54, 1.807) is 0 Å². The Morgan fingerprint density at radius 2 is 1.72 bits per heavy atom. The molecule has 2 heteroatoms. The second-order valence-corrected chi connectivity index (χ2v) is 5.32. The van der Waals surface area contributed by atoms with Crippen LogP contribution < -0.4 is 0 Å². The first kappa shape index (κ1) is 15.3.